The summed E-state index contributed by atoms with van der Waals surface area (Å²) in [5.74, 6) is -2.24. The molecule has 0 unspecified atom stereocenters. The van der Waals surface area contributed by atoms with Crippen LogP contribution in [0.25, 0.3) is 22.3 Å². The zero-order valence-electron chi connectivity index (χ0n) is 26.2. The van der Waals surface area contributed by atoms with E-state index in [2.05, 4.69) is 0 Å². The van der Waals surface area contributed by atoms with Gasteiger partial charge in [-0.15, -0.1) is 0 Å². The highest BCUT2D eigenvalue weighted by Gasteiger charge is 2.52. The fraction of sp³-hybridized carbons (Fsp3) is 0.531. The van der Waals surface area contributed by atoms with Gasteiger partial charge in [-0.05, 0) is 31.2 Å². The molecule has 0 saturated carbocycles. The van der Waals surface area contributed by atoms with Gasteiger partial charge in [0, 0.05) is 11.6 Å². The maximum atomic E-state index is 13.8. The van der Waals surface area contributed by atoms with Crippen LogP contribution in [0.1, 0.15) is 30.3 Å². The Morgan fingerprint density at radius 3 is 2.10 bits per heavy atom. The molecule has 3 saturated heterocycles. The number of aliphatic hydroxyl groups excluding tert-OH is 9. The maximum Gasteiger partial charge on any atom is 0.197 e. The Labute approximate surface area is 281 Å². The van der Waals surface area contributed by atoms with Crippen LogP contribution in [0.4, 0.5) is 0 Å². The van der Waals surface area contributed by atoms with Crippen molar-refractivity contribution in [2.24, 2.45) is 0 Å². The lowest BCUT2D eigenvalue weighted by Crippen LogP contribution is -2.61. The third-order valence-electron chi connectivity index (χ3n) is 9.38. The van der Waals surface area contributed by atoms with Crippen LogP contribution >= 0.6 is 0 Å². The molecule has 0 amide bonds. The molecule has 1 aromatic heterocycles. The number of benzene rings is 2. The molecule has 3 aliphatic rings. The highest BCUT2D eigenvalue weighted by atomic mass is 16.7. The Morgan fingerprint density at radius 1 is 0.760 bits per heavy atom. The molecule has 0 radical (unpaired) electrons. The van der Waals surface area contributed by atoms with Gasteiger partial charge >= 0.3 is 0 Å². The van der Waals surface area contributed by atoms with Gasteiger partial charge in [0.15, 0.2) is 17.3 Å². The zero-order valence-corrected chi connectivity index (χ0v) is 26.2. The molecule has 12 N–H and O–H groups in total. The third kappa shape index (κ3) is 6.11. The molecule has 0 bridgehead atoms. The van der Waals surface area contributed by atoms with Crippen molar-refractivity contribution >= 4 is 11.0 Å². The van der Waals surface area contributed by atoms with Gasteiger partial charge in [0.2, 0.25) is 0 Å². The van der Waals surface area contributed by atoms with Crippen molar-refractivity contribution in [2.75, 3.05) is 13.2 Å². The van der Waals surface area contributed by atoms with Gasteiger partial charge in [0.1, 0.15) is 102 Å². The lowest BCUT2D eigenvalue weighted by molar-refractivity contribution is -0.338. The van der Waals surface area contributed by atoms with E-state index < -0.39 is 138 Å². The lowest BCUT2D eigenvalue weighted by atomic mass is 9.85. The van der Waals surface area contributed by atoms with Gasteiger partial charge in [-0.2, -0.15) is 0 Å². The van der Waals surface area contributed by atoms with Crippen molar-refractivity contribution in [3.05, 3.63) is 51.7 Å². The van der Waals surface area contributed by atoms with E-state index in [1.807, 2.05) is 0 Å². The number of fused-ring (bicyclic) bond motifs is 1. The van der Waals surface area contributed by atoms with Crippen LogP contribution in [0.2, 0.25) is 0 Å². The summed E-state index contributed by atoms with van der Waals surface area (Å²) in [7, 11) is 0. The number of rotatable bonds is 6. The number of hydrogen-bond acceptors (Lipinski definition) is 18. The molecular weight excluding hydrogens is 672 g/mol. The summed E-state index contributed by atoms with van der Waals surface area (Å²) in [6.07, 6.45) is -24.7. The number of aromatic hydroxyl groups is 3. The standard InChI is InChI=1S/C32H38O18/c1-9-19(37)24(42)27(45)32(47-9)50-31-26(44)21(39)15(7-33)49-30(31)18-23(41)17(29-25(43)20(38)13(36)8-46-29)22(40)16-12(35)6-14(48-28(16)18)10-2-4-11(34)5-3-10/h2-6,9,13,15,19-21,24-27,29-34,36-45H,7-8H2,1H3/t9-,13-,15-,19-,20+,21-,24+,25-,26+,27+,29+,30-,31-,32-/m1/s1. The summed E-state index contributed by atoms with van der Waals surface area (Å²) in [6, 6.07) is 6.33. The Hall–Kier alpha value is -3.47. The molecule has 6 rings (SSSR count). The van der Waals surface area contributed by atoms with E-state index in [1.165, 1.54) is 31.2 Å². The molecular formula is C32H38O18. The van der Waals surface area contributed by atoms with E-state index in [-0.39, 0.29) is 17.1 Å². The normalized spacial score (nSPS) is 38.0. The van der Waals surface area contributed by atoms with Crippen LogP contribution in [0.15, 0.2) is 39.5 Å². The first-order valence-corrected chi connectivity index (χ1v) is 15.6. The molecule has 0 aliphatic carbocycles. The van der Waals surface area contributed by atoms with E-state index in [4.69, 9.17) is 23.4 Å². The second kappa shape index (κ2) is 13.9. The van der Waals surface area contributed by atoms with Crippen molar-refractivity contribution < 1.29 is 84.6 Å². The van der Waals surface area contributed by atoms with Crippen LogP contribution < -0.4 is 5.43 Å². The second-order valence-corrected chi connectivity index (χ2v) is 12.6. The molecule has 0 spiro atoms. The molecule has 3 aromatic rings. The predicted octanol–water partition coefficient (Wildman–Crippen LogP) is -2.90. The topological polar surface area (TPSA) is 310 Å². The summed E-state index contributed by atoms with van der Waals surface area (Å²) in [6.45, 7) is -0.146. The van der Waals surface area contributed by atoms with Crippen molar-refractivity contribution in [1.82, 2.24) is 0 Å². The molecule has 3 fully saturated rings. The lowest BCUT2D eigenvalue weighted by Gasteiger charge is -2.46. The number of ether oxygens (including phenoxy) is 4. The van der Waals surface area contributed by atoms with Crippen molar-refractivity contribution in [3.8, 4) is 28.6 Å². The second-order valence-electron chi connectivity index (χ2n) is 12.6. The van der Waals surface area contributed by atoms with Gasteiger partial charge in [-0.3, -0.25) is 4.79 Å². The Balaban J connectivity index is 1.60. The number of phenols is 3. The summed E-state index contributed by atoms with van der Waals surface area (Å²) in [5, 5.41) is 127. The minimum Gasteiger partial charge on any atom is -0.508 e. The average Bonchev–Trinajstić information content (AvgIpc) is 3.08. The monoisotopic (exact) mass is 710 g/mol. The fourth-order valence-electron chi connectivity index (χ4n) is 6.52. The van der Waals surface area contributed by atoms with Gasteiger partial charge < -0.3 is 84.6 Å². The first-order chi connectivity index (χ1) is 23.7. The Bertz CT molecular complexity index is 1750. The van der Waals surface area contributed by atoms with Gasteiger partial charge in [0.25, 0.3) is 0 Å². The summed E-state index contributed by atoms with van der Waals surface area (Å²) in [4.78, 5) is 13.8. The van der Waals surface area contributed by atoms with Crippen molar-refractivity contribution in [3.63, 3.8) is 0 Å². The molecule has 2 aromatic carbocycles. The molecule has 18 nitrogen and oxygen atoms in total. The first-order valence-electron chi connectivity index (χ1n) is 15.6. The molecule has 50 heavy (non-hydrogen) atoms. The minimum atomic E-state index is -2.02. The summed E-state index contributed by atoms with van der Waals surface area (Å²) < 4.78 is 28.9. The highest BCUT2D eigenvalue weighted by Crippen LogP contribution is 2.51. The Kier molecular flexibility index (Phi) is 10.1. The van der Waals surface area contributed by atoms with Crippen molar-refractivity contribution in [2.45, 2.75) is 92.6 Å². The van der Waals surface area contributed by atoms with E-state index >= 15 is 0 Å². The Morgan fingerprint density at radius 2 is 1.44 bits per heavy atom. The largest absolute Gasteiger partial charge is 0.508 e. The van der Waals surface area contributed by atoms with Gasteiger partial charge in [-0.25, -0.2) is 0 Å². The maximum absolute atomic E-state index is 13.8. The molecule has 14 atom stereocenters. The zero-order chi connectivity index (χ0) is 36.3. The summed E-state index contributed by atoms with van der Waals surface area (Å²) in [5.41, 5.74) is -2.53. The number of phenolic OH excluding ortho intramolecular Hbond substituents is 3. The molecule has 3 aliphatic heterocycles. The van der Waals surface area contributed by atoms with E-state index in [1.54, 1.807) is 0 Å². The van der Waals surface area contributed by atoms with Gasteiger partial charge in [0.05, 0.1) is 30.4 Å². The first kappa shape index (κ1) is 36.3. The quantitative estimate of drug-likeness (QED) is 0.122. The SMILES string of the molecule is C[C@H]1O[C@H](O[C@@H]2[C@@H](O)[C@H](O)[C@@H](CO)O[C@@H]2c2c(O)c([C@@H]3OC[C@@H](O)[C@H](O)[C@H]3O)c(O)c3c(=O)cc(-c4ccc(O)cc4)oc23)[C@@H](O)[C@@H](O)[C@@H]1O. The molecule has 274 valence electrons. The highest BCUT2D eigenvalue weighted by molar-refractivity contribution is 5.92. The summed E-state index contributed by atoms with van der Waals surface area (Å²) >= 11 is 0. The van der Waals surface area contributed by atoms with E-state index in [9.17, 15) is 66.1 Å². The smallest absolute Gasteiger partial charge is 0.197 e. The fourth-order valence-corrected chi connectivity index (χ4v) is 6.52. The number of aliphatic hydroxyl groups is 9. The minimum absolute atomic E-state index is 0.117. The van der Waals surface area contributed by atoms with Crippen LogP contribution in [-0.4, -0.2) is 148 Å². The third-order valence-corrected chi connectivity index (χ3v) is 9.38. The molecule has 4 heterocycles. The van der Waals surface area contributed by atoms with Crippen LogP contribution in [-0.2, 0) is 18.9 Å². The number of hydrogen-bond donors (Lipinski definition) is 12. The van der Waals surface area contributed by atoms with Crippen LogP contribution in [0, 0.1) is 0 Å². The van der Waals surface area contributed by atoms with Crippen molar-refractivity contribution in [1.29, 1.82) is 0 Å². The average molecular weight is 711 g/mol. The van der Waals surface area contributed by atoms with Crippen LogP contribution in [0.3, 0.4) is 0 Å². The van der Waals surface area contributed by atoms with Gasteiger partial charge in [-0.1, -0.05) is 0 Å². The van der Waals surface area contributed by atoms with E-state index in [0.29, 0.717) is 0 Å². The molecule has 18 heteroatoms. The van der Waals surface area contributed by atoms with E-state index in [0.717, 1.165) is 6.07 Å². The van der Waals surface area contributed by atoms with Crippen LogP contribution in [0.5, 0.6) is 17.2 Å². The predicted molar refractivity (Wildman–Crippen MR) is 164 cm³/mol.